The number of ether oxygens (including phenoxy) is 2. The Morgan fingerprint density at radius 1 is 1.19 bits per heavy atom. The average Bonchev–Trinajstić information content (AvgIpc) is 3.16. The molecule has 1 saturated heterocycles. The summed E-state index contributed by atoms with van der Waals surface area (Å²) in [6, 6.07) is 14.3. The van der Waals surface area contributed by atoms with Crippen LogP contribution in [-0.2, 0) is 14.9 Å². The van der Waals surface area contributed by atoms with Gasteiger partial charge < -0.3 is 9.47 Å². The van der Waals surface area contributed by atoms with Crippen molar-refractivity contribution in [3.63, 3.8) is 0 Å². The number of hydrogen-bond acceptors (Lipinski definition) is 6. The molecule has 6 nitrogen and oxygen atoms in total. The molecule has 3 aliphatic rings. The van der Waals surface area contributed by atoms with Gasteiger partial charge in [0.2, 0.25) is 0 Å². The molecule has 5 rings (SSSR count). The van der Waals surface area contributed by atoms with Gasteiger partial charge in [-0.25, -0.2) is 4.39 Å². The van der Waals surface area contributed by atoms with Crippen LogP contribution in [-0.4, -0.2) is 61.9 Å². The zero-order valence-corrected chi connectivity index (χ0v) is 18.3. The average molecular weight is 438 g/mol. The van der Waals surface area contributed by atoms with Crippen molar-refractivity contribution < 1.29 is 18.7 Å². The number of anilines is 1. The van der Waals surface area contributed by atoms with Crippen LogP contribution in [0.5, 0.6) is 5.75 Å². The lowest BCUT2D eigenvalue weighted by atomic mass is 9.67. The Morgan fingerprint density at radius 2 is 1.97 bits per heavy atom. The van der Waals surface area contributed by atoms with E-state index in [0.717, 1.165) is 51.3 Å². The van der Waals surface area contributed by atoms with Crippen LogP contribution in [0, 0.1) is 5.82 Å². The molecule has 0 aromatic heterocycles. The predicted molar refractivity (Wildman–Crippen MR) is 121 cm³/mol. The van der Waals surface area contributed by atoms with Crippen LogP contribution in [0.2, 0.25) is 0 Å². The predicted octanol–water partition coefficient (Wildman–Crippen LogP) is 3.40. The summed E-state index contributed by atoms with van der Waals surface area (Å²) in [5, 5.41) is 6.63. The first kappa shape index (κ1) is 21.1. The van der Waals surface area contributed by atoms with Crippen LogP contribution >= 0.6 is 0 Å². The second-order valence-corrected chi connectivity index (χ2v) is 8.68. The molecule has 2 atom stereocenters. The lowest BCUT2D eigenvalue weighted by Gasteiger charge is -2.42. The number of nitrogens with zero attached hydrogens (tertiary/aromatic N) is 3. The minimum atomic E-state index is -0.622. The third-order valence-corrected chi connectivity index (χ3v) is 6.83. The van der Waals surface area contributed by atoms with E-state index in [9.17, 15) is 9.18 Å². The molecule has 0 N–H and O–H groups in total. The lowest BCUT2D eigenvalue weighted by Crippen LogP contribution is -2.54. The highest BCUT2D eigenvalue weighted by Crippen LogP contribution is 2.48. The molecule has 3 aliphatic heterocycles. The molecule has 0 bridgehead atoms. The number of hydrazone groups is 1. The van der Waals surface area contributed by atoms with Gasteiger partial charge in [-0.3, -0.25) is 14.7 Å². The Morgan fingerprint density at radius 3 is 2.72 bits per heavy atom. The zero-order valence-electron chi connectivity index (χ0n) is 18.3. The SMILES string of the molecule is CC(=O)C1=NN2c3cc(F)ccc3OCC2C1(CCCN1CCOCC1)c1ccccc1. The number of Topliss-reactive ketones (excluding diaryl/α,β-unsaturated/α-hetero) is 1. The van der Waals surface area contributed by atoms with Gasteiger partial charge in [-0.2, -0.15) is 5.10 Å². The molecule has 2 unspecified atom stereocenters. The molecule has 0 spiro atoms. The first-order valence-corrected chi connectivity index (χ1v) is 11.3. The van der Waals surface area contributed by atoms with E-state index in [1.165, 1.54) is 12.1 Å². The van der Waals surface area contributed by atoms with Crippen molar-refractivity contribution in [1.29, 1.82) is 0 Å². The lowest BCUT2D eigenvalue weighted by molar-refractivity contribution is -0.111. The van der Waals surface area contributed by atoms with E-state index >= 15 is 0 Å². The van der Waals surface area contributed by atoms with E-state index in [4.69, 9.17) is 14.6 Å². The summed E-state index contributed by atoms with van der Waals surface area (Å²) in [4.78, 5) is 15.3. The highest BCUT2D eigenvalue weighted by molar-refractivity contribution is 6.43. The van der Waals surface area contributed by atoms with Crippen molar-refractivity contribution in [2.24, 2.45) is 5.10 Å². The number of fused-ring (bicyclic) bond motifs is 3. The van der Waals surface area contributed by atoms with E-state index < -0.39 is 5.41 Å². The highest BCUT2D eigenvalue weighted by Gasteiger charge is 2.55. The van der Waals surface area contributed by atoms with E-state index in [-0.39, 0.29) is 17.6 Å². The first-order valence-electron chi connectivity index (χ1n) is 11.3. The Labute approximate surface area is 187 Å². The van der Waals surface area contributed by atoms with E-state index in [1.807, 2.05) is 23.2 Å². The van der Waals surface area contributed by atoms with Gasteiger partial charge in [0.15, 0.2) is 5.78 Å². The van der Waals surface area contributed by atoms with E-state index in [1.54, 1.807) is 13.0 Å². The number of carbonyl (C=O) groups is 1. The van der Waals surface area contributed by atoms with Crippen LogP contribution in [0.3, 0.4) is 0 Å². The monoisotopic (exact) mass is 437 g/mol. The van der Waals surface area contributed by atoms with Crippen molar-refractivity contribution in [3.8, 4) is 5.75 Å². The minimum Gasteiger partial charge on any atom is -0.489 e. The summed E-state index contributed by atoms with van der Waals surface area (Å²) in [5.74, 6) is 0.177. The summed E-state index contributed by atoms with van der Waals surface area (Å²) >= 11 is 0. The molecular weight excluding hydrogens is 409 g/mol. The second-order valence-electron chi connectivity index (χ2n) is 8.68. The molecule has 168 valence electrons. The number of rotatable bonds is 6. The fraction of sp³-hybridized carbons (Fsp3) is 0.440. The summed E-state index contributed by atoms with van der Waals surface area (Å²) < 4.78 is 25.7. The number of morpholine rings is 1. The maximum absolute atomic E-state index is 14.1. The van der Waals surface area contributed by atoms with Gasteiger partial charge in [-0.05, 0) is 37.1 Å². The highest BCUT2D eigenvalue weighted by atomic mass is 19.1. The molecule has 32 heavy (non-hydrogen) atoms. The van der Waals surface area contributed by atoms with Crippen LogP contribution in [0.15, 0.2) is 53.6 Å². The summed E-state index contributed by atoms with van der Waals surface area (Å²) in [5.41, 5.74) is 1.53. The van der Waals surface area contributed by atoms with E-state index in [2.05, 4.69) is 17.0 Å². The topological polar surface area (TPSA) is 54.4 Å². The van der Waals surface area contributed by atoms with Crippen molar-refractivity contribution >= 4 is 17.2 Å². The number of carbonyl (C=O) groups excluding carboxylic acids is 1. The summed E-state index contributed by atoms with van der Waals surface area (Å²) in [7, 11) is 0. The third-order valence-electron chi connectivity index (χ3n) is 6.83. The Bertz CT molecular complexity index is 1020. The molecule has 0 saturated carbocycles. The molecule has 0 radical (unpaired) electrons. The van der Waals surface area contributed by atoms with E-state index in [0.29, 0.717) is 23.8 Å². The number of halogens is 1. The maximum Gasteiger partial charge on any atom is 0.176 e. The van der Waals surface area contributed by atoms with Gasteiger partial charge in [0.1, 0.15) is 35.6 Å². The summed E-state index contributed by atoms with van der Waals surface area (Å²) in [6.45, 7) is 6.26. The zero-order chi connectivity index (χ0) is 22.1. The minimum absolute atomic E-state index is 0.0624. The quantitative estimate of drug-likeness (QED) is 0.693. The van der Waals surface area contributed by atoms with Crippen molar-refractivity contribution in [2.75, 3.05) is 44.5 Å². The molecule has 1 fully saturated rings. The third kappa shape index (κ3) is 3.59. The Kier molecular flexibility index (Phi) is 5.69. The normalized spacial score (nSPS) is 25.0. The molecule has 3 heterocycles. The smallest absolute Gasteiger partial charge is 0.176 e. The molecule has 2 aromatic rings. The van der Waals surface area contributed by atoms with Crippen molar-refractivity contribution in [3.05, 3.63) is 59.9 Å². The Hall–Kier alpha value is -2.77. The van der Waals surface area contributed by atoms with Crippen molar-refractivity contribution in [1.82, 2.24) is 4.90 Å². The first-order chi connectivity index (χ1) is 15.6. The molecule has 0 amide bonds. The maximum atomic E-state index is 14.1. The molecule has 2 aromatic carbocycles. The number of hydrogen-bond donors (Lipinski definition) is 0. The standard InChI is InChI=1S/C25H28FN3O3/c1-18(30)24-25(19-6-3-2-4-7-19,10-5-11-28-12-14-31-15-13-28)23-17-32-22-9-8-20(26)16-21(22)29(23)27-24/h2-4,6-9,16,23H,5,10-15,17H2,1H3. The number of ketones is 1. The van der Waals surface area contributed by atoms with Crippen LogP contribution in [0.4, 0.5) is 10.1 Å². The second kappa shape index (κ2) is 8.64. The number of benzene rings is 2. The Balaban J connectivity index is 1.54. The fourth-order valence-corrected chi connectivity index (χ4v) is 5.31. The van der Waals surface area contributed by atoms with Crippen LogP contribution in [0.1, 0.15) is 25.3 Å². The van der Waals surface area contributed by atoms with Crippen molar-refractivity contribution in [2.45, 2.75) is 31.2 Å². The molecule has 0 aliphatic carbocycles. The van der Waals surface area contributed by atoms with Gasteiger partial charge in [-0.1, -0.05) is 30.3 Å². The largest absolute Gasteiger partial charge is 0.489 e. The van der Waals surface area contributed by atoms with Crippen LogP contribution in [0.25, 0.3) is 0 Å². The molecular formula is C25H28FN3O3. The van der Waals surface area contributed by atoms with Gasteiger partial charge in [0.25, 0.3) is 0 Å². The van der Waals surface area contributed by atoms with Gasteiger partial charge in [-0.15, -0.1) is 0 Å². The fourth-order valence-electron chi connectivity index (χ4n) is 5.31. The van der Waals surface area contributed by atoms with Gasteiger partial charge in [0.05, 0.1) is 18.6 Å². The molecule has 7 heteroatoms. The van der Waals surface area contributed by atoms with Gasteiger partial charge in [0, 0.05) is 26.1 Å². The van der Waals surface area contributed by atoms with Crippen LogP contribution < -0.4 is 9.75 Å². The van der Waals surface area contributed by atoms with Gasteiger partial charge >= 0.3 is 0 Å². The summed E-state index contributed by atoms with van der Waals surface area (Å²) in [6.07, 6.45) is 1.66.